The summed E-state index contributed by atoms with van der Waals surface area (Å²) in [5, 5.41) is 0.846. The molecule has 0 fully saturated rings. The summed E-state index contributed by atoms with van der Waals surface area (Å²) in [7, 11) is 3.96. The van der Waals surface area contributed by atoms with Gasteiger partial charge in [0.1, 0.15) is 12.4 Å². The lowest BCUT2D eigenvalue weighted by Gasteiger charge is -2.11. The summed E-state index contributed by atoms with van der Waals surface area (Å²) < 4.78 is 27.2. The van der Waals surface area contributed by atoms with Gasteiger partial charge in [0.25, 0.3) is 11.3 Å². The van der Waals surface area contributed by atoms with Crippen molar-refractivity contribution in [3.05, 3.63) is 30.5 Å². The van der Waals surface area contributed by atoms with Gasteiger partial charge in [0.05, 0.1) is 5.52 Å². The zero-order valence-corrected chi connectivity index (χ0v) is 11.2. The third-order valence-corrected chi connectivity index (χ3v) is 3.28. The lowest BCUT2D eigenvalue weighted by atomic mass is 10.2. The fourth-order valence-corrected chi connectivity index (χ4v) is 2.21. The summed E-state index contributed by atoms with van der Waals surface area (Å²) in [5.41, 5.74) is 0.693. The number of ether oxygens (including phenoxy) is 1. The molecule has 0 saturated heterocycles. The van der Waals surface area contributed by atoms with Crippen molar-refractivity contribution in [3.8, 4) is 5.75 Å². The molecule has 18 heavy (non-hydrogen) atoms. The first-order valence-corrected chi connectivity index (χ1v) is 6.65. The van der Waals surface area contributed by atoms with Crippen LogP contribution >= 0.6 is 0 Å². The van der Waals surface area contributed by atoms with Crippen LogP contribution in [0.15, 0.2) is 30.5 Å². The molecule has 98 valence electrons. The van der Waals surface area contributed by atoms with E-state index in [9.17, 15) is 4.21 Å². The number of hydrogen-bond acceptors (Lipinski definition) is 3. The van der Waals surface area contributed by atoms with Gasteiger partial charge in [-0.1, -0.05) is 6.07 Å². The fourth-order valence-electron chi connectivity index (χ4n) is 1.71. The van der Waals surface area contributed by atoms with E-state index in [1.165, 1.54) is 3.97 Å². The van der Waals surface area contributed by atoms with Gasteiger partial charge in [0.15, 0.2) is 0 Å². The third kappa shape index (κ3) is 2.72. The Kier molecular flexibility index (Phi) is 4.00. The molecule has 2 aromatic rings. The van der Waals surface area contributed by atoms with Crippen LogP contribution in [-0.4, -0.2) is 44.9 Å². The normalized spacial score (nSPS) is 13.1. The predicted molar refractivity (Wildman–Crippen MR) is 72.2 cm³/mol. The molecule has 1 atom stereocenters. The van der Waals surface area contributed by atoms with E-state index < -0.39 is 11.3 Å². The molecule has 1 heterocycles. The van der Waals surface area contributed by atoms with Gasteiger partial charge in [0, 0.05) is 18.1 Å². The van der Waals surface area contributed by atoms with Crippen LogP contribution in [-0.2, 0) is 11.3 Å². The number of likely N-dealkylation sites (N-methyl/N-ethyl adjacent to an activating group) is 1. The minimum absolute atomic E-state index is 0.583. The second-order valence-corrected chi connectivity index (χ2v) is 5.07. The number of hydrogen-bond donors (Lipinski definition) is 1. The molecule has 1 N–H and O–H groups in total. The summed E-state index contributed by atoms with van der Waals surface area (Å²) >= 11 is -2.04. The van der Waals surface area contributed by atoms with Gasteiger partial charge in [0.2, 0.25) is 0 Å². The van der Waals surface area contributed by atoms with E-state index in [1.807, 2.05) is 31.1 Å². The van der Waals surface area contributed by atoms with Gasteiger partial charge in [-0.3, -0.25) is 4.55 Å². The SMILES string of the molecule is CN(C)CCOc1cccc2c1ccn2S(=O)O. The molecule has 0 spiro atoms. The molecule has 6 heteroatoms. The second-order valence-electron chi connectivity index (χ2n) is 4.21. The van der Waals surface area contributed by atoms with Gasteiger partial charge in [-0.25, -0.2) is 8.18 Å². The average molecular weight is 268 g/mol. The van der Waals surface area contributed by atoms with Crippen LogP contribution in [0, 0.1) is 0 Å². The highest BCUT2D eigenvalue weighted by molar-refractivity contribution is 7.77. The Morgan fingerprint density at radius 2 is 2.17 bits per heavy atom. The number of benzene rings is 1. The third-order valence-electron chi connectivity index (χ3n) is 2.62. The van der Waals surface area contributed by atoms with Gasteiger partial charge in [-0.2, -0.15) is 0 Å². The lowest BCUT2D eigenvalue weighted by molar-refractivity contribution is 0.263. The summed E-state index contributed by atoms with van der Waals surface area (Å²) in [5.74, 6) is 0.735. The van der Waals surface area contributed by atoms with E-state index in [-0.39, 0.29) is 0 Å². The maximum atomic E-state index is 11.1. The topological polar surface area (TPSA) is 54.7 Å². The highest BCUT2D eigenvalue weighted by atomic mass is 32.2. The summed E-state index contributed by atoms with van der Waals surface area (Å²) in [6, 6.07) is 7.26. The minimum atomic E-state index is -2.04. The molecule has 0 aliphatic heterocycles. The highest BCUT2D eigenvalue weighted by Crippen LogP contribution is 2.26. The molecular formula is C12H16N2O3S. The zero-order valence-electron chi connectivity index (χ0n) is 10.4. The number of rotatable bonds is 5. The first kappa shape index (κ1) is 13.1. The van der Waals surface area contributed by atoms with E-state index in [1.54, 1.807) is 18.3 Å². The Morgan fingerprint density at radius 3 is 2.83 bits per heavy atom. The molecule has 1 aromatic heterocycles. The van der Waals surface area contributed by atoms with Crippen molar-refractivity contribution in [1.29, 1.82) is 0 Å². The van der Waals surface area contributed by atoms with Crippen molar-refractivity contribution in [2.24, 2.45) is 0 Å². The van der Waals surface area contributed by atoms with E-state index in [2.05, 4.69) is 0 Å². The van der Waals surface area contributed by atoms with Crippen LogP contribution in [0.1, 0.15) is 0 Å². The molecule has 0 aliphatic rings. The maximum absolute atomic E-state index is 11.1. The molecule has 0 aliphatic carbocycles. The van der Waals surface area contributed by atoms with E-state index in [0.717, 1.165) is 17.7 Å². The van der Waals surface area contributed by atoms with Crippen LogP contribution in [0.4, 0.5) is 0 Å². The van der Waals surface area contributed by atoms with Gasteiger partial charge in [-0.05, 0) is 32.3 Å². The smallest absolute Gasteiger partial charge is 0.266 e. The van der Waals surface area contributed by atoms with Crippen molar-refractivity contribution in [3.63, 3.8) is 0 Å². The van der Waals surface area contributed by atoms with Crippen molar-refractivity contribution >= 4 is 22.2 Å². The summed E-state index contributed by atoms with van der Waals surface area (Å²) in [6.07, 6.45) is 1.58. The van der Waals surface area contributed by atoms with Crippen molar-refractivity contribution < 1.29 is 13.5 Å². The molecule has 0 saturated carbocycles. The largest absolute Gasteiger partial charge is 0.492 e. The standard InChI is InChI=1S/C12H16N2O3S/c1-13(2)8-9-17-12-5-3-4-11-10(12)6-7-14(11)18(15)16/h3-7H,8-9H2,1-2H3,(H,15,16). The fraction of sp³-hybridized carbons (Fsp3) is 0.333. The van der Waals surface area contributed by atoms with Crippen molar-refractivity contribution in [2.45, 2.75) is 0 Å². The molecular weight excluding hydrogens is 252 g/mol. The van der Waals surface area contributed by atoms with Crippen LogP contribution < -0.4 is 4.74 Å². The van der Waals surface area contributed by atoms with Gasteiger partial charge in [-0.15, -0.1) is 0 Å². The first-order chi connectivity index (χ1) is 8.59. The van der Waals surface area contributed by atoms with E-state index in [0.29, 0.717) is 12.1 Å². The predicted octanol–water partition coefficient (Wildman–Crippen LogP) is 1.57. The Hall–Kier alpha value is -1.37. The number of aromatic nitrogens is 1. The van der Waals surface area contributed by atoms with Crippen LogP contribution in [0.25, 0.3) is 10.9 Å². The Morgan fingerprint density at radius 1 is 1.39 bits per heavy atom. The highest BCUT2D eigenvalue weighted by Gasteiger charge is 2.09. The monoisotopic (exact) mass is 268 g/mol. The zero-order chi connectivity index (χ0) is 13.1. The quantitative estimate of drug-likeness (QED) is 0.836. The summed E-state index contributed by atoms with van der Waals surface area (Å²) in [4.78, 5) is 2.04. The lowest BCUT2D eigenvalue weighted by Crippen LogP contribution is -2.19. The average Bonchev–Trinajstić information content (AvgIpc) is 2.73. The second kappa shape index (κ2) is 5.51. The Balaban J connectivity index is 2.26. The summed E-state index contributed by atoms with van der Waals surface area (Å²) in [6.45, 7) is 1.41. The maximum Gasteiger partial charge on any atom is 0.266 e. The molecule has 0 bridgehead atoms. The molecule has 0 amide bonds. The molecule has 2 rings (SSSR count). The van der Waals surface area contributed by atoms with Crippen molar-refractivity contribution in [1.82, 2.24) is 8.87 Å². The number of nitrogens with zero attached hydrogens (tertiary/aromatic N) is 2. The Bertz CT molecular complexity index is 565. The molecule has 1 unspecified atom stereocenters. The van der Waals surface area contributed by atoms with E-state index in [4.69, 9.17) is 9.29 Å². The van der Waals surface area contributed by atoms with Crippen molar-refractivity contribution in [2.75, 3.05) is 27.2 Å². The minimum Gasteiger partial charge on any atom is -0.492 e. The van der Waals surface area contributed by atoms with Crippen LogP contribution in [0.2, 0.25) is 0 Å². The molecule has 0 radical (unpaired) electrons. The first-order valence-electron chi connectivity index (χ1n) is 5.58. The van der Waals surface area contributed by atoms with Crippen LogP contribution in [0.5, 0.6) is 5.75 Å². The molecule has 5 nitrogen and oxygen atoms in total. The van der Waals surface area contributed by atoms with Gasteiger partial charge >= 0.3 is 0 Å². The van der Waals surface area contributed by atoms with Crippen LogP contribution in [0.3, 0.4) is 0 Å². The number of fused-ring (bicyclic) bond motifs is 1. The van der Waals surface area contributed by atoms with Gasteiger partial charge < -0.3 is 9.64 Å². The van der Waals surface area contributed by atoms with E-state index >= 15 is 0 Å². The molecule has 1 aromatic carbocycles. The Labute approximate surface area is 108 Å².